The Labute approximate surface area is 212 Å². The number of hydrogen-bond acceptors (Lipinski definition) is 7. The number of hydrazone groups is 1. The van der Waals surface area contributed by atoms with E-state index in [-0.39, 0.29) is 18.0 Å². The van der Waals surface area contributed by atoms with Crippen LogP contribution >= 0.6 is 11.8 Å². The normalized spacial score (nSPS) is 15.9. The van der Waals surface area contributed by atoms with Crippen molar-refractivity contribution in [3.63, 3.8) is 0 Å². The van der Waals surface area contributed by atoms with Crippen LogP contribution in [0.25, 0.3) is 6.08 Å². The third-order valence-electron chi connectivity index (χ3n) is 5.34. The molecule has 0 spiro atoms. The fourth-order valence-corrected chi connectivity index (χ4v) is 4.35. The summed E-state index contributed by atoms with van der Waals surface area (Å²) in [6.45, 7) is 0.617. The number of aliphatic imine (C=N–C) groups is 1. The van der Waals surface area contributed by atoms with E-state index in [1.807, 2.05) is 60.7 Å². The van der Waals surface area contributed by atoms with E-state index in [2.05, 4.69) is 10.1 Å². The summed E-state index contributed by atoms with van der Waals surface area (Å²) < 4.78 is 17.1. The van der Waals surface area contributed by atoms with Gasteiger partial charge in [0.2, 0.25) is 5.17 Å². The molecule has 0 saturated carbocycles. The van der Waals surface area contributed by atoms with Crippen LogP contribution in [0, 0.1) is 5.41 Å². The van der Waals surface area contributed by atoms with Gasteiger partial charge in [-0.15, -0.1) is 0 Å². The summed E-state index contributed by atoms with van der Waals surface area (Å²) >= 11 is 1.22. The van der Waals surface area contributed by atoms with Crippen molar-refractivity contribution in [1.29, 1.82) is 5.41 Å². The Bertz CT molecular complexity index is 1390. The van der Waals surface area contributed by atoms with Crippen LogP contribution in [0.4, 0.5) is 0 Å². The second-order valence-electron chi connectivity index (χ2n) is 7.80. The molecule has 0 aliphatic carbocycles. The third-order valence-corrected chi connectivity index (χ3v) is 6.22. The zero-order chi connectivity index (χ0) is 24.9. The molecule has 0 unspecified atom stereocenters. The number of thioether (sulfide) groups is 1. The van der Waals surface area contributed by atoms with E-state index in [0.29, 0.717) is 39.6 Å². The first-order chi connectivity index (χ1) is 17.6. The molecule has 36 heavy (non-hydrogen) atoms. The predicted molar refractivity (Wildman–Crippen MR) is 141 cm³/mol. The Balaban J connectivity index is 1.31. The van der Waals surface area contributed by atoms with Crippen LogP contribution in [-0.2, 0) is 11.4 Å². The number of fused-ring (bicyclic) bond motifs is 1. The maximum atomic E-state index is 12.7. The van der Waals surface area contributed by atoms with Crippen molar-refractivity contribution in [2.75, 3.05) is 13.7 Å². The predicted octanol–water partition coefficient (Wildman–Crippen LogP) is 4.97. The number of carbonyl (C=O) groups is 1. The molecule has 0 bridgehead atoms. The second kappa shape index (κ2) is 10.5. The molecule has 3 aromatic carbocycles. The SMILES string of the molecule is COc1cc(C=C2C(=N)N3N=C(COc4ccccc4)SC3=NC2=O)ccc1OCc1ccccc1. The molecule has 5 rings (SSSR count). The summed E-state index contributed by atoms with van der Waals surface area (Å²) in [7, 11) is 1.56. The Morgan fingerprint density at radius 3 is 2.44 bits per heavy atom. The zero-order valence-electron chi connectivity index (χ0n) is 19.4. The van der Waals surface area contributed by atoms with Crippen LogP contribution < -0.4 is 14.2 Å². The third kappa shape index (κ3) is 5.16. The van der Waals surface area contributed by atoms with Crippen molar-refractivity contribution in [2.45, 2.75) is 6.61 Å². The van der Waals surface area contributed by atoms with Crippen molar-refractivity contribution >= 4 is 39.8 Å². The van der Waals surface area contributed by atoms with Crippen molar-refractivity contribution in [1.82, 2.24) is 5.01 Å². The number of benzene rings is 3. The molecule has 0 fully saturated rings. The number of carbonyl (C=O) groups excluding carboxylic acids is 1. The maximum Gasteiger partial charge on any atom is 0.283 e. The van der Waals surface area contributed by atoms with E-state index >= 15 is 0 Å². The van der Waals surface area contributed by atoms with Gasteiger partial charge in [-0.05, 0) is 53.2 Å². The van der Waals surface area contributed by atoms with Crippen LogP contribution in [0.5, 0.6) is 17.2 Å². The lowest BCUT2D eigenvalue weighted by atomic mass is 10.1. The highest BCUT2D eigenvalue weighted by atomic mass is 32.2. The largest absolute Gasteiger partial charge is 0.493 e. The molecule has 0 saturated heterocycles. The highest BCUT2D eigenvalue weighted by Gasteiger charge is 2.35. The van der Waals surface area contributed by atoms with Crippen molar-refractivity contribution < 1.29 is 19.0 Å². The minimum atomic E-state index is -0.498. The highest BCUT2D eigenvalue weighted by Crippen LogP contribution is 2.32. The average Bonchev–Trinajstić information content (AvgIpc) is 3.33. The molecule has 180 valence electrons. The number of nitrogens with zero attached hydrogens (tertiary/aromatic N) is 3. The Hall–Kier alpha value is -4.37. The van der Waals surface area contributed by atoms with Gasteiger partial charge in [-0.25, -0.2) is 0 Å². The minimum absolute atomic E-state index is 0.0458. The van der Waals surface area contributed by atoms with Crippen LogP contribution in [0.2, 0.25) is 0 Å². The Morgan fingerprint density at radius 2 is 1.69 bits per heavy atom. The molecule has 0 radical (unpaired) electrons. The van der Waals surface area contributed by atoms with Gasteiger partial charge in [-0.3, -0.25) is 10.2 Å². The number of amidine groups is 2. The van der Waals surface area contributed by atoms with Gasteiger partial charge >= 0.3 is 0 Å². The first-order valence-electron chi connectivity index (χ1n) is 11.1. The van der Waals surface area contributed by atoms with Gasteiger partial charge < -0.3 is 14.2 Å². The van der Waals surface area contributed by atoms with Gasteiger partial charge in [0.1, 0.15) is 24.0 Å². The number of hydrogen-bond donors (Lipinski definition) is 1. The zero-order valence-corrected chi connectivity index (χ0v) is 20.2. The maximum absolute atomic E-state index is 12.7. The molecule has 1 amide bonds. The number of para-hydroxylation sites is 1. The molecule has 0 aromatic heterocycles. The summed E-state index contributed by atoms with van der Waals surface area (Å²) in [5.41, 5.74) is 1.85. The number of ether oxygens (including phenoxy) is 3. The number of methoxy groups -OCH3 is 1. The van der Waals surface area contributed by atoms with Crippen LogP contribution in [-0.4, -0.2) is 40.7 Å². The van der Waals surface area contributed by atoms with E-state index in [1.54, 1.807) is 31.4 Å². The topological polar surface area (TPSA) is 96.6 Å². The standard InChI is InChI=1S/C27H22N4O4S/c1-33-23-15-19(12-13-22(23)35-16-18-8-4-2-5-9-18)14-21-25(28)31-27(29-26(21)32)36-24(30-31)17-34-20-10-6-3-7-11-20/h2-15,28H,16-17H2,1H3. The molecule has 8 nitrogen and oxygen atoms in total. The lowest BCUT2D eigenvalue weighted by molar-refractivity contribution is -0.114. The quantitative estimate of drug-likeness (QED) is 0.441. The molecule has 2 aliphatic heterocycles. The van der Waals surface area contributed by atoms with Gasteiger partial charge in [0.05, 0.1) is 12.7 Å². The van der Waals surface area contributed by atoms with Crippen LogP contribution in [0.1, 0.15) is 11.1 Å². The van der Waals surface area contributed by atoms with Crippen molar-refractivity contribution in [2.24, 2.45) is 10.1 Å². The van der Waals surface area contributed by atoms with E-state index in [9.17, 15) is 4.79 Å². The molecule has 1 N–H and O–H groups in total. The molecule has 9 heteroatoms. The number of amides is 1. The average molecular weight is 499 g/mol. The summed E-state index contributed by atoms with van der Waals surface area (Å²) in [6, 6.07) is 24.6. The minimum Gasteiger partial charge on any atom is -0.493 e. The highest BCUT2D eigenvalue weighted by molar-refractivity contribution is 8.27. The fraction of sp³-hybridized carbons (Fsp3) is 0.111. The monoisotopic (exact) mass is 498 g/mol. The van der Waals surface area contributed by atoms with E-state index in [4.69, 9.17) is 19.6 Å². The first kappa shape index (κ1) is 23.4. The Kier molecular flexibility index (Phi) is 6.81. The number of rotatable bonds is 8. The van der Waals surface area contributed by atoms with Gasteiger partial charge in [0.15, 0.2) is 17.3 Å². The van der Waals surface area contributed by atoms with Gasteiger partial charge in [0, 0.05) is 0 Å². The lowest BCUT2D eigenvalue weighted by Gasteiger charge is -2.20. The Morgan fingerprint density at radius 1 is 0.944 bits per heavy atom. The van der Waals surface area contributed by atoms with E-state index < -0.39 is 5.91 Å². The molecule has 2 heterocycles. The molecule has 3 aromatic rings. The second-order valence-corrected chi connectivity index (χ2v) is 8.84. The summed E-state index contributed by atoms with van der Waals surface area (Å²) in [6.07, 6.45) is 1.60. The fourth-order valence-electron chi connectivity index (χ4n) is 3.55. The van der Waals surface area contributed by atoms with Crippen molar-refractivity contribution in [3.8, 4) is 17.2 Å². The summed E-state index contributed by atoms with van der Waals surface area (Å²) in [5, 5.41) is 15.3. The van der Waals surface area contributed by atoms with Crippen LogP contribution in [0.15, 0.2) is 94.5 Å². The molecule has 0 atom stereocenters. The van der Waals surface area contributed by atoms with Crippen LogP contribution in [0.3, 0.4) is 0 Å². The summed E-state index contributed by atoms with van der Waals surface area (Å²) in [5.74, 6) is 1.27. The number of nitrogens with one attached hydrogen (secondary N) is 1. The molecule has 2 aliphatic rings. The van der Waals surface area contributed by atoms with Gasteiger partial charge in [-0.1, -0.05) is 54.6 Å². The van der Waals surface area contributed by atoms with E-state index in [1.165, 1.54) is 16.8 Å². The van der Waals surface area contributed by atoms with Gasteiger partial charge in [-0.2, -0.15) is 15.1 Å². The first-order valence-corrected chi connectivity index (χ1v) is 11.9. The van der Waals surface area contributed by atoms with E-state index in [0.717, 1.165) is 5.56 Å². The molecular weight excluding hydrogens is 476 g/mol. The van der Waals surface area contributed by atoms with Gasteiger partial charge in [0.25, 0.3) is 5.91 Å². The smallest absolute Gasteiger partial charge is 0.283 e. The van der Waals surface area contributed by atoms with Crippen molar-refractivity contribution in [3.05, 3.63) is 95.6 Å². The lowest BCUT2D eigenvalue weighted by Crippen LogP contribution is -2.35. The summed E-state index contributed by atoms with van der Waals surface area (Å²) in [4.78, 5) is 16.9. The molecular formula is C27H22N4O4S.